The summed E-state index contributed by atoms with van der Waals surface area (Å²) in [6.07, 6.45) is 1.61. The molecule has 0 saturated heterocycles. The topological polar surface area (TPSA) is 92.7 Å². The second kappa shape index (κ2) is 5.41. The standard InChI is InChI=1S/C13H17NO5S/c1-8-5-9(6-8)14-20(17,18)10-3-4-12(19-2)11(7-10)13(15)16/h3-4,7-9,14H,5-6H2,1-2H3,(H,15,16). The Morgan fingerprint density at radius 3 is 2.55 bits per heavy atom. The van der Waals surface area contributed by atoms with Crippen molar-refractivity contribution in [2.24, 2.45) is 5.92 Å². The van der Waals surface area contributed by atoms with E-state index in [0.29, 0.717) is 5.92 Å². The second-order valence-corrected chi connectivity index (χ2v) is 6.78. The monoisotopic (exact) mass is 299 g/mol. The molecule has 2 rings (SSSR count). The lowest BCUT2D eigenvalue weighted by Gasteiger charge is -2.32. The van der Waals surface area contributed by atoms with E-state index >= 15 is 0 Å². The van der Waals surface area contributed by atoms with Crippen molar-refractivity contribution in [3.63, 3.8) is 0 Å². The van der Waals surface area contributed by atoms with Gasteiger partial charge in [0, 0.05) is 6.04 Å². The zero-order valence-electron chi connectivity index (χ0n) is 11.3. The van der Waals surface area contributed by atoms with E-state index in [4.69, 9.17) is 9.84 Å². The molecule has 0 aliphatic heterocycles. The third-order valence-corrected chi connectivity index (χ3v) is 4.93. The van der Waals surface area contributed by atoms with Crippen molar-refractivity contribution in [1.29, 1.82) is 0 Å². The van der Waals surface area contributed by atoms with Crippen molar-refractivity contribution in [3.05, 3.63) is 23.8 Å². The maximum absolute atomic E-state index is 12.2. The van der Waals surface area contributed by atoms with Gasteiger partial charge in [-0.25, -0.2) is 17.9 Å². The Morgan fingerprint density at radius 1 is 1.40 bits per heavy atom. The highest BCUT2D eigenvalue weighted by atomic mass is 32.2. The smallest absolute Gasteiger partial charge is 0.339 e. The Labute approximate surface area is 117 Å². The molecule has 0 aromatic heterocycles. The average Bonchev–Trinajstić information content (AvgIpc) is 2.35. The molecule has 1 aromatic rings. The van der Waals surface area contributed by atoms with Crippen LogP contribution in [0.25, 0.3) is 0 Å². The second-order valence-electron chi connectivity index (χ2n) is 5.06. The fourth-order valence-electron chi connectivity index (χ4n) is 2.31. The van der Waals surface area contributed by atoms with Crippen LogP contribution in [0.15, 0.2) is 23.1 Å². The quantitative estimate of drug-likeness (QED) is 0.859. The van der Waals surface area contributed by atoms with Crippen LogP contribution in [0, 0.1) is 5.92 Å². The number of hydrogen-bond donors (Lipinski definition) is 2. The number of nitrogens with one attached hydrogen (secondary N) is 1. The summed E-state index contributed by atoms with van der Waals surface area (Å²) in [6.45, 7) is 2.06. The molecular formula is C13H17NO5S. The first-order valence-electron chi connectivity index (χ1n) is 6.27. The molecule has 1 aliphatic carbocycles. The number of carboxylic acid groups (broad SMARTS) is 1. The molecule has 7 heteroatoms. The van der Waals surface area contributed by atoms with Gasteiger partial charge in [0.05, 0.1) is 12.0 Å². The van der Waals surface area contributed by atoms with Crippen LogP contribution in [-0.4, -0.2) is 32.6 Å². The molecule has 0 spiro atoms. The number of rotatable bonds is 5. The molecule has 0 bridgehead atoms. The van der Waals surface area contributed by atoms with Crippen LogP contribution < -0.4 is 9.46 Å². The Balaban J connectivity index is 2.27. The fourth-order valence-corrected chi connectivity index (χ4v) is 3.59. The number of aromatic carboxylic acids is 1. The summed E-state index contributed by atoms with van der Waals surface area (Å²) in [4.78, 5) is 11.0. The van der Waals surface area contributed by atoms with Crippen molar-refractivity contribution < 1.29 is 23.1 Å². The molecule has 1 aliphatic rings. The summed E-state index contributed by atoms with van der Waals surface area (Å²) >= 11 is 0. The van der Waals surface area contributed by atoms with Gasteiger partial charge in [-0.1, -0.05) is 6.92 Å². The maximum atomic E-state index is 12.2. The molecular weight excluding hydrogens is 282 g/mol. The highest BCUT2D eigenvalue weighted by Crippen LogP contribution is 2.28. The first-order valence-corrected chi connectivity index (χ1v) is 7.75. The number of methoxy groups -OCH3 is 1. The third kappa shape index (κ3) is 2.94. The van der Waals surface area contributed by atoms with Crippen LogP contribution in [-0.2, 0) is 10.0 Å². The normalized spacial score (nSPS) is 22.1. The lowest BCUT2D eigenvalue weighted by atomic mass is 9.83. The number of carboxylic acids is 1. The average molecular weight is 299 g/mol. The molecule has 1 saturated carbocycles. The van der Waals surface area contributed by atoms with Gasteiger partial charge in [-0.05, 0) is 37.0 Å². The Morgan fingerprint density at radius 2 is 2.05 bits per heavy atom. The number of sulfonamides is 1. The van der Waals surface area contributed by atoms with E-state index in [0.717, 1.165) is 18.9 Å². The molecule has 1 fully saturated rings. The molecule has 0 radical (unpaired) electrons. The van der Waals surface area contributed by atoms with Crippen LogP contribution in [0.3, 0.4) is 0 Å². The van der Waals surface area contributed by atoms with Crippen molar-refractivity contribution in [3.8, 4) is 5.75 Å². The van der Waals surface area contributed by atoms with E-state index in [2.05, 4.69) is 11.6 Å². The zero-order chi connectivity index (χ0) is 14.9. The number of hydrogen-bond acceptors (Lipinski definition) is 4. The van der Waals surface area contributed by atoms with Crippen molar-refractivity contribution >= 4 is 16.0 Å². The molecule has 0 heterocycles. The lowest BCUT2D eigenvalue weighted by Crippen LogP contribution is -2.43. The summed E-state index contributed by atoms with van der Waals surface area (Å²) in [7, 11) is -2.36. The Hall–Kier alpha value is -1.60. The predicted molar refractivity (Wildman–Crippen MR) is 72.5 cm³/mol. The first-order chi connectivity index (χ1) is 9.33. The number of carbonyl (C=O) groups is 1. The van der Waals surface area contributed by atoms with Crippen LogP contribution >= 0.6 is 0 Å². The maximum Gasteiger partial charge on any atom is 0.339 e. The van der Waals surface area contributed by atoms with E-state index < -0.39 is 16.0 Å². The van der Waals surface area contributed by atoms with E-state index in [1.54, 1.807) is 0 Å². The third-order valence-electron chi connectivity index (χ3n) is 3.41. The molecule has 0 amide bonds. The minimum absolute atomic E-state index is 0.0600. The Kier molecular flexibility index (Phi) is 4.01. The van der Waals surface area contributed by atoms with Crippen LogP contribution in [0.1, 0.15) is 30.1 Å². The van der Waals surface area contributed by atoms with E-state index in [9.17, 15) is 13.2 Å². The number of ether oxygens (including phenoxy) is 1. The first kappa shape index (κ1) is 14.8. The van der Waals surface area contributed by atoms with Crippen molar-refractivity contribution in [1.82, 2.24) is 4.72 Å². The molecule has 110 valence electrons. The zero-order valence-corrected chi connectivity index (χ0v) is 12.1. The van der Waals surface area contributed by atoms with E-state index in [1.165, 1.54) is 19.2 Å². The van der Waals surface area contributed by atoms with Gasteiger partial charge in [-0.2, -0.15) is 0 Å². The van der Waals surface area contributed by atoms with E-state index in [-0.39, 0.29) is 22.3 Å². The summed E-state index contributed by atoms with van der Waals surface area (Å²) < 4.78 is 31.8. The van der Waals surface area contributed by atoms with Crippen LogP contribution in [0.4, 0.5) is 0 Å². The largest absolute Gasteiger partial charge is 0.496 e. The van der Waals surface area contributed by atoms with Gasteiger partial charge in [0.15, 0.2) is 0 Å². The molecule has 1 aromatic carbocycles. The molecule has 2 N–H and O–H groups in total. The molecule has 0 unspecified atom stereocenters. The molecule has 0 atom stereocenters. The van der Waals surface area contributed by atoms with Crippen molar-refractivity contribution in [2.45, 2.75) is 30.7 Å². The number of benzene rings is 1. The van der Waals surface area contributed by atoms with Gasteiger partial charge >= 0.3 is 5.97 Å². The summed E-state index contributed by atoms with van der Waals surface area (Å²) in [5.74, 6) is -0.571. The van der Waals surface area contributed by atoms with Gasteiger partial charge in [0.1, 0.15) is 11.3 Å². The summed E-state index contributed by atoms with van der Waals surface area (Å²) in [5, 5.41) is 9.07. The minimum Gasteiger partial charge on any atom is -0.496 e. The molecule has 20 heavy (non-hydrogen) atoms. The van der Waals surface area contributed by atoms with Crippen LogP contribution in [0.2, 0.25) is 0 Å². The predicted octanol–water partition coefficient (Wildman–Crippen LogP) is 1.47. The summed E-state index contributed by atoms with van der Waals surface area (Å²) in [6, 6.07) is 3.74. The Bertz CT molecular complexity index is 620. The van der Waals surface area contributed by atoms with E-state index in [1.807, 2.05) is 0 Å². The lowest BCUT2D eigenvalue weighted by molar-refractivity contribution is 0.0693. The minimum atomic E-state index is -3.69. The van der Waals surface area contributed by atoms with Gasteiger partial charge in [-0.15, -0.1) is 0 Å². The highest BCUT2D eigenvalue weighted by Gasteiger charge is 2.30. The van der Waals surface area contributed by atoms with Crippen LogP contribution in [0.5, 0.6) is 5.75 Å². The van der Waals surface area contributed by atoms with Gasteiger partial charge in [0.2, 0.25) is 10.0 Å². The van der Waals surface area contributed by atoms with Gasteiger partial charge in [-0.3, -0.25) is 0 Å². The SMILES string of the molecule is COc1ccc(S(=O)(=O)NC2CC(C)C2)cc1C(=O)O. The fraction of sp³-hybridized carbons (Fsp3) is 0.462. The summed E-state index contributed by atoms with van der Waals surface area (Å²) in [5.41, 5.74) is -0.169. The van der Waals surface area contributed by atoms with Gasteiger partial charge in [0.25, 0.3) is 0 Å². The van der Waals surface area contributed by atoms with Gasteiger partial charge < -0.3 is 9.84 Å². The van der Waals surface area contributed by atoms with Crippen molar-refractivity contribution in [2.75, 3.05) is 7.11 Å². The molecule has 6 nitrogen and oxygen atoms in total. The highest BCUT2D eigenvalue weighted by molar-refractivity contribution is 7.89.